The van der Waals surface area contributed by atoms with Gasteiger partial charge in [-0.05, 0) is 48.1 Å². The average molecular weight is 431 g/mol. The first-order valence-electron chi connectivity index (χ1n) is 9.49. The van der Waals surface area contributed by atoms with Crippen LogP contribution in [-0.4, -0.2) is 19.2 Å². The lowest BCUT2D eigenvalue weighted by molar-refractivity contribution is 0.0913. The molecule has 0 saturated carbocycles. The van der Waals surface area contributed by atoms with E-state index >= 15 is 0 Å². The molecule has 1 aliphatic carbocycles. The van der Waals surface area contributed by atoms with E-state index in [1.165, 1.54) is 0 Å². The maximum atomic E-state index is 13.0. The fourth-order valence-electron chi connectivity index (χ4n) is 4.08. The van der Waals surface area contributed by atoms with Crippen molar-refractivity contribution in [3.63, 3.8) is 0 Å². The third-order valence-corrected chi connectivity index (χ3v) is 7.36. The van der Waals surface area contributed by atoms with Crippen molar-refractivity contribution in [1.29, 1.82) is 0 Å². The second-order valence-corrected chi connectivity index (χ2v) is 10.6. The van der Waals surface area contributed by atoms with Crippen LogP contribution in [0.25, 0.3) is 10.9 Å². The molecule has 2 aromatic carbocycles. The first-order chi connectivity index (χ1) is 13.6. The summed E-state index contributed by atoms with van der Waals surface area (Å²) in [5.74, 6) is 0.106. The number of hydrogen-bond donors (Lipinski definition) is 2. The van der Waals surface area contributed by atoms with Crippen LogP contribution in [0.3, 0.4) is 0 Å². The van der Waals surface area contributed by atoms with Crippen LogP contribution < -0.4 is 4.72 Å². The molecule has 0 aliphatic heterocycles. The van der Waals surface area contributed by atoms with Gasteiger partial charge in [0.2, 0.25) is 10.0 Å². The van der Waals surface area contributed by atoms with Crippen molar-refractivity contribution in [3.05, 3.63) is 63.8 Å². The lowest BCUT2D eigenvalue weighted by atomic mass is 9.76. The van der Waals surface area contributed by atoms with Crippen LogP contribution in [0.4, 0.5) is 0 Å². The molecule has 0 unspecified atom stereocenters. The third kappa shape index (κ3) is 3.72. The molecule has 5 nitrogen and oxygen atoms in total. The van der Waals surface area contributed by atoms with Crippen LogP contribution in [0.15, 0.2) is 41.3 Å². The van der Waals surface area contributed by atoms with E-state index in [0.717, 1.165) is 17.5 Å². The van der Waals surface area contributed by atoms with Crippen molar-refractivity contribution >= 4 is 38.3 Å². The predicted molar refractivity (Wildman–Crippen MR) is 115 cm³/mol. The molecule has 0 saturated heterocycles. The van der Waals surface area contributed by atoms with Crippen molar-refractivity contribution in [2.75, 3.05) is 0 Å². The molecule has 0 radical (unpaired) electrons. The molecule has 29 heavy (non-hydrogen) atoms. The Morgan fingerprint density at radius 3 is 2.62 bits per heavy atom. The molecule has 0 bridgehead atoms. The monoisotopic (exact) mass is 430 g/mol. The molecular weight excluding hydrogens is 408 g/mol. The lowest BCUT2D eigenvalue weighted by Crippen LogP contribution is -2.26. The highest BCUT2D eigenvalue weighted by molar-refractivity contribution is 7.89. The molecule has 7 heteroatoms. The highest BCUT2D eigenvalue weighted by Crippen LogP contribution is 2.39. The van der Waals surface area contributed by atoms with Gasteiger partial charge in [-0.15, -0.1) is 0 Å². The largest absolute Gasteiger partial charge is 0.358 e. The second-order valence-electron chi connectivity index (χ2n) is 8.50. The second kappa shape index (κ2) is 6.97. The van der Waals surface area contributed by atoms with Gasteiger partial charge in [0.1, 0.15) is 0 Å². The summed E-state index contributed by atoms with van der Waals surface area (Å²) in [4.78, 5) is 16.2. The van der Waals surface area contributed by atoms with Gasteiger partial charge in [-0.3, -0.25) is 4.79 Å². The molecule has 2 N–H and O–H groups in total. The zero-order valence-electron chi connectivity index (χ0n) is 16.6. The van der Waals surface area contributed by atoms with E-state index in [2.05, 4.69) is 23.6 Å². The number of carbonyl (C=O) groups excluding carboxylic acids is 1. The molecule has 0 atom stereocenters. The summed E-state index contributed by atoms with van der Waals surface area (Å²) in [6.45, 7) is 5.99. The maximum absolute atomic E-state index is 13.0. The van der Waals surface area contributed by atoms with E-state index in [9.17, 15) is 13.2 Å². The number of hydrogen-bond acceptors (Lipinski definition) is 3. The molecule has 152 valence electrons. The van der Waals surface area contributed by atoms with Crippen LogP contribution in [0.1, 0.15) is 47.4 Å². The predicted octanol–water partition coefficient (Wildman–Crippen LogP) is 4.76. The van der Waals surface area contributed by atoms with Gasteiger partial charge < -0.3 is 4.98 Å². The number of benzene rings is 2. The van der Waals surface area contributed by atoms with Gasteiger partial charge in [-0.2, -0.15) is 0 Å². The molecule has 4 rings (SSSR count). The van der Waals surface area contributed by atoms with Gasteiger partial charge >= 0.3 is 0 Å². The normalized spacial score (nSPS) is 16.2. The molecule has 0 amide bonds. The Bertz CT molecular complexity index is 1240. The van der Waals surface area contributed by atoms with Crippen molar-refractivity contribution in [2.24, 2.45) is 5.41 Å². The number of aromatic nitrogens is 1. The summed E-state index contributed by atoms with van der Waals surface area (Å²) in [6, 6.07) is 10.5. The summed E-state index contributed by atoms with van der Waals surface area (Å²) in [5.41, 5.74) is 3.47. The van der Waals surface area contributed by atoms with E-state index in [1.54, 1.807) is 37.3 Å². The number of Topliss-reactive ketones (excluding diaryl/α,β-unsaturated/α-hetero) is 1. The summed E-state index contributed by atoms with van der Waals surface area (Å²) >= 11 is 6.13. The van der Waals surface area contributed by atoms with E-state index in [0.29, 0.717) is 33.7 Å². The Labute approximate surface area is 175 Å². The van der Waals surface area contributed by atoms with E-state index < -0.39 is 10.0 Å². The van der Waals surface area contributed by atoms with Crippen molar-refractivity contribution in [3.8, 4) is 0 Å². The number of H-pyrrole nitrogens is 1. The summed E-state index contributed by atoms with van der Waals surface area (Å²) in [6.07, 6.45) is 1.25. The zero-order chi connectivity index (χ0) is 21.0. The Hall–Kier alpha value is -2.15. The van der Waals surface area contributed by atoms with Crippen LogP contribution in [0.2, 0.25) is 5.02 Å². The number of sulfonamides is 1. The SMILES string of the molecule is Cc1cc2c3c([nH]c2cc1S(=O)(=O)NCc1ccccc1Cl)CC(C)(C)CC3=O. The van der Waals surface area contributed by atoms with Gasteiger partial charge in [0.15, 0.2) is 5.78 Å². The van der Waals surface area contributed by atoms with Crippen molar-refractivity contribution < 1.29 is 13.2 Å². The number of aryl methyl sites for hydroxylation is 1. The van der Waals surface area contributed by atoms with Gasteiger partial charge in [-0.1, -0.05) is 43.6 Å². The average Bonchev–Trinajstić information content (AvgIpc) is 2.96. The quantitative estimate of drug-likeness (QED) is 0.626. The highest BCUT2D eigenvalue weighted by Gasteiger charge is 2.34. The van der Waals surface area contributed by atoms with Crippen molar-refractivity contribution in [1.82, 2.24) is 9.71 Å². The maximum Gasteiger partial charge on any atom is 0.241 e. The highest BCUT2D eigenvalue weighted by atomic mass is 35.5. The van der Waals surface area contributed by atoms with Crippen LogP contribution in [0, 0.1) is 12.3 Å². The molecule has 0 spiro atoms. The molecular formula is C22H23ClN2O3S. The van der Waals surface area contributed by atoms with E-state index in [4.69, 9.17) is 11.6 Å². The fourth-order valence-corrected chi connectivity index (χ4v) is 5.54. The third-order valence-electron chi connectivity index (χ3n) is 5.45. The van der Waals surface area contributed by atoms with Crippen molar-refractivity contribution in [2.45, 2.75) is 45.1 Å². The molecule has 1 heterocycles. The number of rotatable bonds is 4. The van der Waals surface area contributed by atoms with Gasteiger partial charge in [0.25, 0.3) is 0 Å². The first kappa shape index (κ1) is 20.1. The Morgan fingerprint density at radius 2 is 1.90 bits per heavy atom. The lowest BCUT2D eigenvalue weighted by Gasteiger charge is -2.28. The Balaban J connectivity index is 1.72. The standard InChI is InChI=1S/C22H23ClN2O3S/c1-13-8-15-17(25-18-10-22(2,3)11-19(26)21(15)18)9-20(13)29(27,28)24-12-14-6-4-5-7-16(14)23/h4-9,24-25H,10-12H2,1-3H3. The van der Waals surface area contributed by atoms with Gasteiger partial charge in [0, 0.05) is 40.1 Å². The van der Waals surface area contributed by atoms with Gasteiger partial charge in [-0.25, -0.2) is 13.1 Å². The number of nitrogens with one attached hydrogen (secondary N) is 2. The molecule has 1 aliphatic rings. The summed E-state index contributed by atoms with van der Waals surface area (Å²) < 4.78 is 28.5. The van der Waals surface area contributed by atoms with E-state index in [1.807, 2.05) is 6.07 Å². The molecule has 3 aromatic rings. The first-order valence-corrected chi connectivity index (χ1v) is 11.3. The number of fused-ring (bicyclic) bond motifs is 3. The zero-order valence-corrected chi connectivity index (χ0v) is 18.2. The van der Waals surface area contributed by atoms with E-state index in [-0.39, 0.29) is 22.6 Å². The van der Waals surface area contributed by atoms with Gasteiger partial charge in [0.05, 0.1) is 4.90 Å². The number of carbonyl (C=O) groups is 1. The van der Waals surface area contributed by atoms with Crippen LogP contribution in [0.5, 0.6) is 0 Å². The van der Waals surface area contributed by atoms with Crippen LogP contribution >= 0.6 is 11.6 Å². The number of aromatic amines is 1. The molecule has 1 aromatic heterocycles. The Morgan fingerprint density at radius 1 is 1.17 bits per heavy atom. The smallest absolute Gasteiger partial charge is 0.241 e. The summed E-state index contributed by atoms with van der Waals surface area (Å²) in [5, 5.41) is 1.31. The van der Waals surface area contributed by atoms with Crippen LogP contribution in [-0.2, 0) is 23.0 Å². The number of halogens is 1. The minimum atomic E-state index is -3.75. The minimum Gasteiger partial charge on any atom is -0.358 e. The molecule has 0 fully saturated rings. The summed E-state index contributed by atoms with van der Waals surface area (Å²) in [7, 11) is -3.75. The number of ketones is 1. The Kier molecular flexibility index (Phi) is 4.84. The topological polar surface area (TPSA) is 79.0 Å². The fraction of sp³-hybridized carbons (Fsp3) is 0.318. The minimum absolute atomic E-state index is 0.105.